The molecule has 0 aliphatic heterocycles. The summed E-state index contributed by atoms with van der Waals surface area (Å²) in [6.07, 6.45) is 3.22. The summed E-state index contributed by atoms with van der Waals surface area (Å²) in [5, 5.41) is 12.2. The number of pyridine rings is 2. The number of halogens is 1. The number of nitrogens with zero attached hydrogens (tertiary/aromatic N) is 2. The van der Waals surface area contributed by atoms with E-state index in [4.69, 9.17) is 5.73 Å². The summed E-state index contributed by atoms with van der Waals surface area (Å²) in [7, 11) is 0. The molecule has 0 atom stereocenters. The number of aromatic nitrogens is 4. The van der Waals surface area contributed by atoms with Gasteiger partial charge in [0.2, 0.25) is 0 Å². The Morgan fingerprint density at radius 3 is 2.77 bits per heavy atom. The van der Waals surface area contributed by atoms with Crippen LogP contribution in [0.25, 0.3) is 43.8 Å². The van der Waals surface area contributed by atoms with Gasteiger partial charge in [0, 0.05) is 39.6 Å². The highest BCUT2D eigenvalue weighted by Gasteiger charge is 2.20. The molecule has 0 radical (unpaired) electrons. The van der Waals surface area contributed by atoms with Crippen LogP contribution >= 0.6 is 0 Å². The van der Waals surface area contributed by atoms with Crippen LogP contribution in [-0.2, 0) is 0 Å². The number of benzene rings is 2. The van der Waals surface area contributed by atoms with E-state index in [1.54, 1.807) is 12.3 Å². The molecule has 0 fully saturated rings. The second-order valence-corrected chi connectivity index (χ2v) is 7.54. The molecule has 0 aliphatic carbocycles. The van der Waals surface area contributed by atoms with Crippen molar-refractivity contribution in [2.24, 2.45) is 0 Å². The molecule has 0 spiro atoms. The lowest BCUT2D eigenvalue weighted by Crippen LogP contribution is -2.15. The predicted molar refractivity (Wildman–Crippen MR) is 118 cm³/mol. The van der Waals surface area contributed by atoms with Crippen LogP contribution in [0.5, 0.6) is 0 Å². The predicted octanol–water partition coefficient (Wildman–Crippen LogP) is 4.16. The van der Waals surface area contributed by atoms with Gasteiger partial charge in [-0.3, -0.25) is 14.9 Å². The number of hydrogen-bond donors (Lipinski definition) is 4. The summed E-state index contributed by atoms with van der Waals surface area (Å²) in [5.74, 6) is -0.423. The molecule has 8 heteroatoms. The fraction of sp³-hybridized carbons (Fsp3) is 0.136. The van der Waals surface area contributed by atoms with Crippen molar-refractivity contribution in [3.8, 4) is 11.1 Å². The number of nitrogen functional groups attached to an aromatic ring is 1. The Morgan fingerprint density at radius 1 is 1.13 bits per heavy atom. The van der Waals surface area contributed by atoms with Crippen molar-refractivity contribution in [2.45, 2.75) is 19.9 Å². The van der Waals surface area contributed by atoms with Gasteiger partial charge in [-0.2, -0.15) is 5.10 Å². The number of rotatable bonds is 3. The van der Waals surface area contributed by atoms with Crippen LogP contribution in [0, 0.1) is 5.82 Å². The Labute approximate surface area is 170 Å². The van der Waals surface area contributed by atoms with E-state index in [-0.39, 0.29) is 17.2 Å². The van der Waals surface area contributed by atoms with Crippen molar-refractivity contribution < 1.29 is 4.39 Å². The molecule has 150 valence electrons. The summed E-state index contributed by atoms with van der Waals surface area (Å²) >= 11 is 0. The monoisotopic (exact) mass is 402 g/mol. The zero-order chi connectivity index (χ0) is 21.0. The smallest absolute Gasteiger partial charge is 0.272 e. The minimum atomic E-state index is -0.423. The molecule has 0 bridgehead atoms. The van der Waals surface area contributed by atoms with Gasteiger partial charge in [0.1, 0.15) is 17.0 Å². The first-order valence-electron chi connectivity index (χ1n) is 9.57. The molecule has 2 aromatic carbocycles. The van der Waals surface area contributed by atoms with Gasteiger partial charge < -0.3 is 16.0 Å². The molecular formula is C22H19FN6O. The van der Waals surface area contributed by atoms with Crippen LogP contribution < -0.4 is 16.6 Å². The number of fused-ring (bicyclic) bond motifs is 4. The number of hydrogen-bond acceptors (Lipinski definition) is 5. The molecule has 7 nitrogen and oxygen atoms in total. The second kappa shape index (κ2) is 6.55. The molecule has 0 saturated heterocycles. The lowest BCUT2D eigenvalue weighted by molar-refractivity contribution is 0.636. The Bertz CT molecular complexity index is 1500. The molecule has 5 rings (SSSR count). The first kappa shape index (κ1) is 18.1. The Hall–Kier alpha value is -3.94. The molecular weight excluding hydrogens is 383 g/mol. The molecule has 3 aromatic heterocycles. The van der Waals surface area contributed by atoms with Crippen LogP contribution in [0.4, 0.5) is 15.8 Å². The molecule has 30 heavy (non-hydrogen) atoms. The lowest BCUT2D eigenvalue weighted by atomic mass is 9.95. The van der Waals surface area contributed by atoms with Gasteiger partial charge in [-0.15, -0.1) is 0 Å². The zero-order valence-electron chi connectivity index (χ0n) is 16.4. The molecule has 5 N–H and O–H groups in total. The minimum absolute atomic E-state index is 0.0578. The van der Waals surface area contributed by atoms with Crippen LogP contribution in [0.2, 0.25) is 0 Å². The highest BCUT2D eigenvalue weighted by atomic mass is 19.1. The Kier molecular flexibility index (Phi) is 3.95. The van der Waals surface area contributed by atoms with Crippen molar-refractivity contribution in [1.82, 2.24) is 20.2 Å². The van der Waals surface area contributed by atoms with Gasteiger partial charge in [0.15, 0.2) is 0 Å². The van der Waals surface area contributed by atoms with E-state index in [0.717, 1.165) is 16.5 Å². The number of nitrogens with two attached hydrogens (primary N) is 1. The van der Waals surface area contributed by atoms with Gasteiger partial charge in [0.25, 0.3) is 5.56 Å². The average Bonchev–Trinajstić information content (AvgIpc) is 3.22. The van der Waals surface area contributed by atoms with E-state index in [0.29, 0.717) is 27.5 Å². The zero-order valence-corrected chi connectivity index (χ0v) is 16.4. The van der Waals surface area contributed by atoms with Crippen molar-refractivity contribution in [3.63, 3.8) is 0 Å². The van der Waals surface area contributed by atoms with E-state index in [9.17, 15) is 9.18 Å². The van der Waals surface area contributed by atoms with E-state index in [1.807, 2.05) is 32.0 Å². The summed E-state index contributed by atoms with van der Waals surface area (Å²) < 4.78 is 14.2. The van der Waals surface area contributed by atoms with Crippen molar-refractivity contribution in [2.75, 3.05) is 11.1 Å². The number of nitrogens with one attached hydrogen (secondary N) is 3. The fourth-order valence-electron chi connectivity index (χ4n) is 3.95. The molecule has 0 unspecified atom stereocenters. The van der Waals surface area contributed by atoms with Gasteiger partial charge >= 0.3 is 0 Å². The third-order valence-electron chi connectivity index (χ3n) is 5.19. The number of anilines is 2. The maximum atomic E-state index is 14.2. The molecule has 5 aromatic rings. The SMILES string of the molecule is CC(C)Nc1cc2c(-c3ccc(F)c4[nH]ncc34)c(N)c(=O)[nH]c2c2ncccc12. The quantitative estimate of drug-likeness (QED) is 0.339. The highest BCUT2D eigenvalue weighted by Crippen LogP contribution is 2.39. The van der Waals surface area contributed by atoms with Crippen LogP contribution in [0.1, 0.15) is 13.8 Å². The van der Waals surface area contributed by atoms with E-state index >= 15 is 0 Å². The van der Waals surface area contributed by atoms with Crippen molar-refractivity contribution in [1.29, 1.82) is 0 Å². The third kappa shape index (κ3) is 2.61. The third-order valence-corrected chi connectivity index (χ3v) is 5.19. The van der Waals surface area contributed by atoms with E-state index < -0.39 is 11.4 Å². The standard InChI is InChI=1S/C22H19FN6O/c1-10(2)27-16-8-13-17(11-5-6-15(23)19-14(11)9-26-29-19)18(24)22(30)28-21(13)20-12(16)4-3-7-25-20/h3-10,27H,24H2,1-2H3,(H,26,29)(H,28,30). The fourth-order valence-corrected chi connectivity index (χ4v) is 3.95. The second-order valence-electron chi connectivity index (χ2n) is 7.54. The van der Waals surface area contributed by atoms with Crippen LogP contribution in [-0.4, -0.2) is 26.2 Å². The van der Waals surface area contributed by atoms with Crippen molar-refractivity contribution in [3.05, 3.63) is 58.9 Å². The Balaban J connectivity index is 1.98. The molecule has 3 heterocycles. The first-order valence-corrected chi connectivity index (χ1v) is 9.57. The van der Waals surface area contributed by atoms with Gasteiger partial charge in [-0.05, 0) is 43.7 Å². The summed E-state index contributed by atoms with van der Waals surface area (Å²) in [4.78, 5) is 20.1. The van der Waals surface area contributed by atoms with E-state index in [2.05, 4.69) is 25.5 Å². The van der Waals surface area contributed by atoms with E-state index in [1.165, 1.54) is 12.3 Å². The number of H-pyrrole nitrogens is 2. The highest BCUT2D eigenvalue weighted by molar-refractivity contribution is 6.16. The molecule has 0 saturated carbocycles. The largest absolute Gasteiger partial charge is 0.394 e. The van der Waals surface area contributed by atoms with Gasteiger partial charge in [0.05, 0.1) is 17.2 Å². The van der Waals surface area contributed by atoms with Crippen LogP contribution in [0.3, 0.4) is 0 Å². The lowest BCUT2D eigenvalue weighted by Gasteiger charge is -2.17. The van der Waals surface area contributed by atoms with Gasteiger partial charge in [-0.25, -0.2) is 4.39 Å². The van der Waals surface area contributed by atoms with Crippen LogP contribution in [0.15, 0.2) is 47.5 Å². The maximum Gasteiger partial charge on any atom is 0.272 e. The van der Waals surface area contributed by atoms with Crippen molar-refractivity contribution >= 4 is 44.1 Å². The Morgan fingerprint density at radius 2 is 1.97 bits per heavy atom. The molecule has 0 aliphatic rings. The molecule has 0 amide bonds. The topological polar surface area (TPSA) is 112 Å². The number of aromatic amines is 2. The van der Waals surface area contributed by atoms with Gasteiger partial charge in [-0.1, -0.05) is 6.07 Å². The minimum Gasteiger partial charge on any atom is -0.394 e. The average molecular weight is 402 g/mol. The summed E-state index contributed by atoms with van der Waals surface area (Å²) in [6.45, 7) is 4.09. The summed E-state index contributed by atoms with van der Waals surface area (Å²) in [6, 6.07) is 8.90. The normalized spacial score (nSPS) is 11.7. The first-order chi connectivity index (χ1) is 14.5. The summed E-state index contributed by atoms with van der Waals surface area (Å²) in [5.41, 5.74) is 9.42. The maximum absolute atomic E-state index is 14.2.